The van der Waals surface area contributed by atoms with Crippen molar-refractivity contribution in [1.29, 1.82) is 0 Å². The van der Waals surface area contributed by atoms with Crippen LogP contribution in [0.2, 0.25) is 0 Å². The molecule has 0 aliphatic heterocycles. The molecule has 0 bridgehead atoms. The summed E-state index contributed by atoms with van der Waals surface area (Å²) in [6, 6.07) is 2.39. The fourth-order valence-corrected chi connectivity index (χ4v) is 4.24. The number of rotatable bonds is 8. The zero-order valence-electron chi connectivity index (χ0n) is 10.8. The van der Waals surface area contributed by atoms with Crippen molar-refractivity contribution < 1.29 is 0 Å². The highest BCUT2D eigenvalue weighted by Crippen LogP contribution is 2.30. The van der Waals surface area contributed by atoms with Crippen molar-refractivity contribution in [2.45, 2.75) is 56.6 Å². The first-order chi connectivity index (χ1) is 8.24. The van der Waals surface area contributed by atoms with Gasteiger partial charge in [0.25, 0.3) is 0 Å². The number of alkyl halides is 2. The van der Waals surface area contributed by atoms with Gasteiger partial charge < -0.3 is 0 Å². The van der Waals surface area contributed by atoms with Gasteiger partial charge in [-0.05, 0) is 24.0 Å². The third-order valence-electron chi connectivity index (χ3n) is 3.25. The minimum absolute atomic E-state index is 0.866. The normalized spacial score (nSPS) is 12.9. The van der Waals surface area contributed by atoms with Crippen molar-refractivity contribution >= 4 is 43.2 Å². The number of hydrogen-bond acceptors (Lipinski definition) is 1. The van der Waals surface area contributed by atoms with Crippen LogP contribution < -0.4 is 0 Å². The predicted octanol–water partition coefficient (Wildman–Crippen LogP) is 6.30. The summed E-state index contributed by atoms with van der Waals surface area (Å²) in [4.78, 5) is 2.98. The highest BCUT2D eigenvalue weighted by Gasteiger charge is 2.13. The number of hydrogen-bond donors (Lipinski definition) is 0. The second kappa shape index (κ2) is 8.71. The zero-order valence-corrected chi connectivity index (χ0v) is 14.8. The minimum Gasteiger partial charge on any atom is -0.143 e. The lowest BCUT2D eigenvalue weighted by Gasteiger charge is -2.14. The van der Waals surface area contributed by atoms with Gasteiger partial charge in [-0.2, -0.15) is 0 Å². The van der Waals surface area contributed by atoms with Gasteiger partial charge in [0.2, 0.25) is 0 Å². The molecule has 0 spiro atoms. The van der Waals surface area contributed by atoms with Gasteiger partial charge in [0.15, 0.2) is 0 Å². The summed E-state index contributed by atoms with van der Waals surface area (Å²) in [6.45, 7) is 4.61. The first kappa shape index (κ1) is 15.7. The third kappa shape index (κ3) is 5.04. The lowest BCUT2D eigenvalue weighted by atomic mass is 9.92. The number of thiophene rings is 1. The van der Waals surface area contributed by atoms with Crippen molar-refractivity contribution in [3.8, 4) is 0 Å². The Balaban J connectivity index is 2.67. The highest BCUT2D eigenvalue weighted by molar-refractivity contribution is 9.09. The van der Waals surface area contributed by atoms with E-state index in [1.54, 1.807) is 5.56 Å². The van der Waals surface area contributed by atoms with E-state index in [1.807, 2.05) is 11.3 Å². The summed E-state index contributed by atoms with van der Waals surface area (Å²) < 4.78 is 0. The van der Waals surface area contributed by atoms with Crippen LogP contribution >= 0.6 is 43.2 Å². The van der Waals surface area contributed by atoms with E-state index in [1.165, 1.54) is 41.9 Å². The van der Waals surface area contributed by atoms with E-state index in [0.29, 0.717) is 0 Å². The van der Waals surface area contributed by atoms with E-state index in [4.69, 9.17) is 0 Å². The van der Waals surface area contributed by atoms with Crippen LogP contribution in [-0.4, -0.2) is 0 Å². The van der Waals surface area contributed by atoms with Gasteiger partial charge in [0.05, 0.1) is 0 Å². The third-order valence-corrected chi connectivity index (χ3v) is 6.34. The zero-order chi connectivity index (χ0) is 12.7. The fourth-order valence-electron chi connectivity index (χ4n) is 2.13. The SMILES string of the molecule is CCCCC(CC)Cc1cc(CBr)sc1CBr. The maximum Gasteiger partial charge on any atom is 0.0380 e. The molecule has 1 aromatic rings. The Morgan fingerprint density at radius 1 is 1.24 bits per heavy atom. The van der Waals surface area contributed by atoms with Gasteiger partial charge in [-0.3, -0.25) is 0 Å². The van der Waals surface area contributed by atoms with E-state index in [0.717, 1.165) is 16.6 Å². The molecular weight excluding hydrogens is 360 g/mol. The summed E-state index contributed by atoms with van der Waals surface area (Å²) in [6.07, 6.45) is 6.64. The first-order valence-electron chi connectivity index (χ1n) is 6.47. The molecule has 1 heterocycles. The molecule has 1 unspecified atom stereocenters. The van der Waals surface area contributed by atoms with Gasteiger partial charge in [-0.25, -0.2) is 0 Å². The summed E-state index contributed by atoms with van der Waals surface area (Å²) in [5, 5.41) is 1.99. The summed E-state index contributed by atoms with van der Waals surface area (Å²) in [7, 11) is 0. The Labute approximate surface area is 126 Å². The monoisotopic (exact) mass is 380 g/mol. The molecule has 1 atom stereocenters. The molecule has 1 rings (SSSR count). The average Bonchev–Trinajstić information content (AvgIpc) is 2.76. The molecule has 17 heavy (non-hydrogen) atoms. The van der Waals surface area contributed by atoms with Crippen molar-refractivity contribution in [3.05, 3.63) is 21.4 Å². The van der Waals surface area contributed by atoms with Gasteiger partial charge in [0, 0.05) is 20.4 Å². The van der Waals surface area contributed by atoms with Crippen LogP contribution in [0.1, 0.15) is 54.8 Å². The van der Waals surface area contributed by atoms with Crippen LogP contribution in [0.25, 0.3) is 0 Å². The van der Waals surface area contributed by atoms with Crippen LogP contribution in [-0.2, 0) is 17.1 Å². The van der Waals surface area contributed by atoms with Gasteiger partial charge in [-0.15, -0.1) is 11.3 Å². The van der Waals surface area contributed by atoms with Gasteiger partial charge in [-0.1, -0.05) is 71.4 Å². The predicted molar refractivity (Wildman–Crippen MR) is 86.6 cm³/mol. The lowest BCUT2D eigenvalue weighted by Crippen LogP contribution is -2.03. The summed E-state index contributed by atoms with van der Waals surface area (Å²) >= 11 is 9.11. The molecule has 0 radical (unpaired) electrons. The van der Waals surface area contributed by atoms with E-state index >= 15 is 0 Å². The van der Waals surface area contributed by atoms with Crippen molar-refractivity contribution in [2.24, 2.45) is 5.92 Å². The van der Waals surface area contributed by atoms with Crippen molar-refractivity contribution in [2.75, 3.05) is 0 Å². The molecule has 3 heteroatoms. The molecule has 0 N–H and O–H groups in total. The van der Waals surface area contributed by atoms with E-state index in [2.05, 4.69) is 51.8 Å². The average molecular weight is 382 g/mol. The van der Waals surface area contributed by atoms with E-state index in [-0.39, 0.29) is 0 Å². The maximum atomic E-state index is 3.61. The molecule has 98 valence electrons. The Bertz CT molecular complexity index is 320. The standard InChI is InChI=1S/C14H22Br2S/c1-3-5-6-11(4-2)7-12-8-13(9-15)17-14(12)10-16/h8,11H,3-7,9-10H2,1-2H3. The fraction of sp³-hybridized carbons (Fsp3) is 0.714. The molecular formula is C14H22Br2S. The molecule has 0 aliphatic carbocycles. The van der Waals surface area contributed by atoms with Gasteiger partial charge in [0.1, 0.15) is 0 Å². The summed E-state index contributed by atoms with van der Waals surface area (Å²) in [5.74, 6) is 0.866. The molecule has 0 saturated heterocycles. The molecule has 1 aromatic heterocycles. The second-order valence-electron chi connectivity index (χ2n) is 4.55. The summed E-state index contributed by atoms with van der Waals surface area (Å²) in [5.41, 5.74) is 1.57. The van der Waals surface area contributed by atoms with E-state index < -0.39 is 0 Å². The highest BCUT2D eigenvalue weighted by atomic mass is 79.9. The van der Waals surface area contributed by atoms with Crippen LogP contribution in [0.4, 0.5) is 0 Å². The van der Waals surface area contributed by atoms with Crippen LogP contribution in [0.15, 0.2) is 6.07 Å². The lowest BCUT2D eigenvalue weighted by molar-refractivity contribution is 0.449. The molecule has 0 amide bonds. The molecule has 0 fully saturated rings. The van der Waals surface area contributed by atoms with Gasteiger partial charge >= 0.3 is 0 Å². The van der Waals surface area contributed by atoms with E-state index in [9.17, 15) is 0 Å². The van der Waals surface area contributed by atoms with Crippen molar-refractivity contribution in [3.63, 3.8) is 0 Å². The second-order valence-corrected chi connectivity index (χ2v) is 6.89. The topological polar surface area (TPSA) is 0 Å². The molecule has 0 saturated carbocycles. The number of halogens is 2. The Kier molecular flexibility index (Phi) is 8.05. The van der Waals surface area contributed by atoms with Crippen molar-refractivity contribution in [1.82, 2.24) is 0 Å². The Hall–Kier alpha value is 0.660. The maximum absolute atomic E-state index is 3.61. The Morgan fingerprint density at radius 2 is 2.00 bits per heavy atom. The quantitative estimate of drug-likeness (QED) is 0.463. The minimum atomic E-state index is 0.866. The number of unbranched alkanes of at least 4 members (excludes halogenated alkanes) is 1. The van der Waals surface area contributed by atoms with Crippen LogP contribution in [0, 0.1) is 5.92 Å². The smallest absolute Gasteiger partial charge is 0.0380 e. The molecule has 0 aromatic carbocycles. The van der Waals surface area contributed by atoms with Crippen LogP contribution in [0.5, 0.6) is 0 Å². The Morgan fingerprint density at radius 3 is 2.53 bits per heavy atom. The molecule has 0 nitrogen and oxygen atoms in total. The first-order valence-corrected chi connectivity index (χ1v) is 9.53. The van der Waals surface area contributed by atoms with Crippen LogP contribution in [0.3, 0.4) is 0 Å². The largest absolute Gasteiger partial charge is 0.143 e. The molecule has 0 aliphatic rings.